The van der Waals surface area contributed by atoms with E-state index in [-0.39, 0.29) is 11.9 Å². The molecule has 1 unspecified atom stereocenters. The molecule has 0 spiro atoms. The minimum atomic E-state index is -0.272. The van der Waals surface area contributed by atoms with Gasteiger partial charge in [-0.25, -0.2) is 14.4 Å². The van der Waals surface area contributed by atoms with Gasteiger partial charge in [-0.3, -0.25) is 0 Å². The summed E-state index contributed by atoms with van der Waals surface area (Å²) in [6.07, 6.45) is 3.32. The molecular weight excluding hydrogens is 231 g/mol. The number of rotatable bonds is 4. The van der Waals surface area contributed by atoms with Gasteiger partial charge in [-0.2, -0.15) is 0 Å². The third kappa shape index (κ3) is 3.01. The lowest BCUT2D eigenvalue weighted by atomic mass is 10.1. The largest absolute Gasteiger partial charge is 0.351 e. The summed E-state index contributed by atoms with van der Waals surface area (Å²) >= 11 is 0. The maximum Gasteiger partial charge on any atom is 0.222 e. The third-order valence-corrected chi connectivity index (χ3v) is 2.54. The standard InChI is InChI=1S/C13H15FN4/c1-9(6-15)18-13-16-7-11(8-17-13)10-3-2-4-12(14)5-10/h2-5,7-9H,6,15H2,1H3,(H,16,17,18). The molecule has 2 aromatic rings. The average molecular weight is 246 g/mol. The summed E-state index contributed by atoms with van der Waals surface area (Å²) in [6, 6.07) is 6.45. The Morgan fingerprint density at radius 1 is 1.28 bits per heavy atom. The van der Waals surface area contributed by atoms with Crippen molar-refractivity contribution >= 4 is 5.95 Å². The highest BCUT2D eigenvalue weighted by molar-refractivity contribution is 5.61. The van der Waals surface area contributed by atoms with E-state index in [0.717, 1.165) is 11.1 Å². The molecule has 0 saturated carbocycles. The minimum Gasteiger partial charge on any atom is -0.351 e. The number of hydrogen-bond acceptors (Lipinski definition) is 4. The van der Waals surface area contributed by atoms with Crippen LogP contribution in [-0.4, -0.2) is 22.6 Å². The van der Waals surface area contributed by atoms with Crippen molar-refractivity contribution in [2.45, 2.75) is 13.0 Å². The molecule has 0 aliphatic heterocycles. The summed E-state index contributed by atoms with van der Waals surface area (Å²) in [7, 11) is 0. The lowest BCUT2D eigenvalue weighted by molar-refractivity contribution is 0.628. The Hall–Kier alpha value is -2.01. The van der Waals surface area contributed by atoms with Crippen molar-refractivity contribution in [3.8, 4) is 11.1 Å². The molecule has 3 N–H and O–H groups in total. The van der Waals surface area contributed by atoms with Crippen LogP contribution in [-0.2, 0) is 0 Å². The second-order valence-electron chi connectivity index (χ2n) is 4.09. The molecule has 0 bridgehead atoms. The molecule has 1 atom stereocenters. The normalized spacial score (nSPS) is 12.2. The van der Waals surface area contributed by atoms with Crippen molar-refractivity contribution in [1.82, 2.24) is 9.97 Å². The summed E-state index contributed by atoms with van der Waals surface area (Å²) in [4.78, 5) is 8.34. The van der Waals surface area contributed by atoms with Crippen LogP contribution in [0.2, 0.25) is 0 Å². The first-order chi connectivity index (χ1) is 8.69. The van der Waals surface area contributed by atoms with Crippen molar-refractivity contribution in [2.75, 3.05) is 11.9 Å². The lowest BCUT2D eigenvalue weighted by Gasteiger charge is -2.10. The second-order valence-corrected chi connectivity index (χ2v) is 4.09. The summed E-state index contributed by atoms with van der Waals surface area (Å²) in [5.74, 6) is 0.250. The molecule has 0 saturated heterocycles. The molecule has 0 aliphatic carbocycles. The van der Waals surface area contributed by atoms with Gasteiger partial charge >= 0.3 is 0 Å². The monoisotopic (exact) mass is 246 g/mol. The van der Waals surface area contributed by atoms with Crippen LogP contribution < -0.4 is 11.1 Å². The van der Waals surface area contributed by atoms with E-state index in [1.807, 2.05) is 13.0 Å². The SMILES string of the molecule is CC(CN)Nc1ncc(-c2cccc(F)c2)cn1. The summed E-state index contributed by atoms with van der Waals surface area (Å²) in [5, 5.41) is 3.06. The Labute approximate surface area is 105 Å². The second kappa shape index (κ2) is 5.55. The van der Waals surface area contributed by atoms with Crippen LogP contribution in [0, 0.1) is 5.82 Å². The first-order valence-corrected chi connectivity index (χ1v) is 5.73. The molecule has 0 radical (unpaired) electrons. The van der Waals surface area contributed by atoms with Crippen LogP contribution in [0.1, 0.15) is 6.92 Å². The number of hydrogen-bond donors (Lipinski definition) is 2. The van der Waals surface area contributed by atoms with E-state index >= 15 is 0 Å². The van der Waals surface area contributed by atoms with Crippen molar-refractivity contribution in [3.05, 3.63) is 42.5 Å². The highest BCUT2D eigenvalue weighted by Crippen LogP contribution is 2.18. The maximum atomic E-state index is 13.1. The first-order valence-electron chi connectivity index (χ1n) is 5.73. The highest BCUT2D eigenvalue weighted by atomic mass is 19.1. The third-order valence-electron chi connectivity index (χ3n) is 2.54. The van der Waals surface area contributed by atoms with E-state index in [1.165, 1.54) is 12.1 Å². The fourth-order valence-corrected chi connectivity index (χ4v) is 1.50. The predicted octanol–water partition coefficient (Wildman–Crippen LogP) is 2.04. The molecule has 18 heavy (non-hydrogen) atoms. The van der Waals surface area contributed by atoms with Gasteiger partial charge in [0, 0.05) is 30.5 Å². The lowest BCUT2D eigenvalue weighted by Crippen LogP contribution is -2.26. The van der Waals surface area contributed by atoms with Gasteiger partial charge < -0.3 is 11.1 Å². The van der Waals surface area contributed by atoms with Gasteiger partial charge in [-0.05, 0) is 24.6 Å². The van der Waals surface area contributed by atoms with Gasteiger partial charge in [0.25, 0.3) is 0 Å². The number of halogens is 1. The van der Waals surface area contributed by atoms with Gasteiger partial charge in [0.05, 0.1) is 0 Å². The Bertz CT molecular complexity index is 513. The molecule has 94 valence electrons. The Morgan fingerprint density at radius 2 is 2.00 bits per heavy atom. The zero-order chi connectivity index (χ0) is 13.0. The predicted molar refractivity (Wildman–Crippen MR) is 69.6 cm³/mol. The Balaban J connectivity index is 2.17. The van der Waals surface area contributed by atoms with E-state index in [4.69, 9.17) is 5.73 Å². The molecule has 4 nitrogen and oxygen atoms in total. The van der Waals surface area contributed by atoms with E-state index < -0.39 is 0 Å². The van der Waals surface area contributed by atoms with Gasteiger partial charge in [0.15, 0.2) is 0 Å². The minimum absolute atomic E-state index is 0.116. The van der Waals surface area contributed by atoms with E-state index in [0.29, 0.717) is 12.5 Å². The molecular formula is C13H15FN4. The number of nitrogens with zero attached hydrogens (tertiary/aromatic N) is 2. The zero-order valence-electron chi connectivity index (χ0n) is 10.1. The zero-order valence-corrected chi connectivity index (χ0v) is 10.1. The molecule has 0 fully saturated rings. The molecule has 2 rings (SSSR count). The first kappa shape index (κ1) is 12.4. The van der Waals surface area contributed by atoms with Crippen LogP contribution in [0.5, 0.6) is 0 Å². The molecule has 1 aromatic heterocycles. The van der Waals surface area contributed by atoms with E-state index in [1.54, 1.807) is 18.5 Å². The molecule has 1 aromatic carbocycles. The van der Waals surface area contributed by atoms with Crippen molar-refractivity contribution in [3.63, 3.8) is 0 Å². The van der Waals surface area contributed by atoms with E-state index in [2.05, 4.69) is 15.3 Å². The smallest absolute Gasteiger partial charge is 0.222 e. The maximum absolute atomic E-state index is 13.1. The fourth-order valence-electron chi connectivity index (χ4n) is 1.50. The fraction of sp³-hybridized carbons (Fsp3) is 0.231. The van der Waals surface area contributed by atoms with Crippen LogP contribution in [0.15, 0.2) is 36.7 Å². The molecule has 1 heterocycles. The summed E-state index contributed by atoms with van der Waals surface area (Å²) < 4.78 is 13.1. The van der Waals surface area contributed by atoms with Crippen LogP contribution >= 0.6 is 0 Å². The van der Waals surface area contributed by atoms with Crippen LogP contribution in [0.25, 0.3) is 11.1 Å². The van der Waals surface area contributed by atoms with Crippen LogP contribution in [0.3, 0.4) is 0 Å². The quantitative estimate of drug-likeness (QED) is 0.866. The number of benzene rings is 1. The van der Waals surface area contributed by atoms with Crippen molar-refractivity contribution < 1.29 is 4.39 Å². The molecule has 0 amide bonds. The topological polar surface area (TPSA) is 63.8 Å². The molecule has 5 heteroatoms. The number of nitrogens with one attached hydrogen (secondary N) is 1. The Morgan fingerprint density at radius 3 is 2.61 bits per heavy atom. The van der Waals surface area contributed by atoms with Crippen molar-refractivity contribution in [1.29, 1.82) is 0 Å². The Kier molecular flexibility index (Phi) is 3.84. The summed E-state index contributed by atoms with van der Waals surface area (Å²) in [5.41, 5.74) is 7.03. The van der Waals surface area contributed by atoms with Gasteiger partial charge in [0.1, 0.15) is 5.82 Å². The van der Waals surface area contributed by atoms with Crippen LogP contribution in [0.4, 0.5) is 10.3 Å². The average Bonchev–Trinajstić information content (AvgIpc) is 2.39. The highest BCUT2D eigenvalue weighted by Gasteiger charge is 2.03. The van der Waals surface area contributed by atoms with E-state index in [9.17, 15) is 4.39 Å². The van der Waals surface area contributed by atoms with Gasteiger partial charge in [0.2, 0.25) is 5.95 Å². The number of aromatic nitrogens is 2. The van der Waals surface area contributed by atoms with Crippen molar-refractivity contribution in [2.24, 2.45) is 5.73 Å². The van der Waals surface area contributed by atoms with Gasteiger partial charge in [-0.15, -0.1) is 0 Å². The molecule has 0 aliphatic rings. The number of nitrogens with two attached hydrogens (primary N) is 1. The number of anilines is 1. The van der Waals surface area contributed by atoms with Gasteiger partial charge in [-0.1, -0.05) is 12.1 Å². The summed E-state index contributed by atoms with van der Waals surface area (Å²) in [6.45, 7) is 2.46.